The summed E-state index contributed by atoms with van der Waals surface area (Å²) in [5.41, 5.74) is 6.38. The first-order valence-electron chi connectivity index (χ1n) is 5.10. The third-order valence-corrected chi connectivity index (χ3v) is 2.51. The first-order valence-corrected chi connectivity index (χ1v) is 5.51. The quantitative estimate of drug-likeness (QED) is 0.822. The second-order valence-corrected chi connectivity index (χ2v) is 3.80. The first-order chi connectivity index (χ1) is 8.63. The standard InChI is InChI=1S/C11H12N4O2S/c1-16-7-4-3-6(5-8(7)17-2)9-13-10(12)15-11(18)14-9/h3-5H,1-2H3,(H3,12,13,14,15,18). The Bertz CT molecular complexity index is 627. The molecule has 0 radical (unpaired) electrons. The molecule has 0 aliphatic rings. The molecule has 18 heavy (non-hydrogen) atoms. The average molecular weight is 264 g/mol. The smallest absolute Gasteiger partial charge is 0.224 e. The van der Waals surface area contributed by atoms with Gasteiger partial charge in [0.25, 0.3) is 0 Å². The number of hydrogen-bond donors (Lipinski definition) is 2. The molecule has 0 bridgehead atoms. The number of nitrogens with one attached hydrogen (secondary N) is 1. The fourth-order valence-electron chi connectivity index (χ4n) is 1.52. The molecule has 0 fully saturated rings. The minimum absolute atomic E-state index is 0.191. The van der Waals surface area contributed by atoms with Gasteiger partial charge in [-0.3, -0.25) is 0 Å². The minimum atomic E-state index is 0.191. The summed E-state index contributed by atoms with van der Waals surface area (Å²) in [7, 11) is 3.14. The highest BCUT2D eigenvalue weighted by molar-refractivity contribution is 7.71. The summed E-state index contributed by atoms with van der Waals surface area (Å²) in [6.07, 6.45) is 0. The van der Waals surface area contributed by atoms with Crippen molar-refractivity contribution in [3.8, 4) is 22.9 Å². The fraction of sp³-hybridized carbons (Fsp3) is 0.182. The molecule has 0 saturated carbocycles. The van der Waals surface area contributed by atoms with Crippen LogP contribution in [0.3, 0.4) is 0 Å². The number of H-pyrrole nitrogens is 1. The maximum Gasteiger partial charge on any atom is 0.224 e. The highest BCUT2D eigenvalue weighted by atomic mass is 32.1. The van der Waals surface area contributed by atoms with E-state index in [0.717, 1.165) is 5.56 Å². The van der Waals surface area contributed by atoms with Crippen LogP contribution < -0.4 is 15.2 Å². The summed E-state index contributed by atoms with van der Waals surface area (Å²) in [4.78, 5) is 10.8. The van der Waals surface area contributed by atoms with E-state index in [0.29, 0.717) is 17.3 Å². The normalized spacial score (nSPS) is 10.1. The molecule has 3 N–H and O–H groups in total. The van der Waals surface area contributed by atoms with Crippen molar-refractivity contribution in [2.45, 2.75) is 0 Å². The molecule has 2 rings (SSSR count). The lowest BCUT2D eigenvalue weighted by Crippen LogP contribution is -2.00. The number of aromatic nitrogens is 3. The van der Waals surface area contributed by atoms with Gasteiger partial charge < -0.3 is 20.2 Å². The maximum atomic E-state index is 5.59. The van der Waals surface area contributed by atoms with Gasteiger partial charge >= 0.3 is 0 Å². The Morgan fingerprint density at radius 2 is 1.89 bits per heavy atom. The topological polar surface area (TPSA) is 86.0 Å². The molecule has 0 spiro atoms. The van der Waals surface area contributed by atoms with Crippen LogP contribution in [0.4, 0.5) is 5.95 Å². The number of aromatic amines is 1. The van der Waals surface area contributed by atoms with Gasteiger partial charge in [0.2, 0.25) is 10.7 Å². The minimum Gasteiger partial charge on any atom is -0.493 e. The van der Waals surface area contributed by atoms with Crippen LogP contribution in [0.15, 0.2) is 18.2 Å². The zero-order valence-electron chi connectivity index (χ0n) is 9.93. The lowest BCUT2D eigenvalue weighted by molar-refractivity contribution is 0.355. The van der Waals surface area contributed by atoms with E-state index in [9.17, 15) is 0 Å². The number of benzene rings is 1. The zero-order chi connectivity index (χ0) is 13.1. The van der Waals surface area contributed by atoms with Crippen molar-refractivity contribution in [3.05, 3.63) is 23.0 Å². The van der Waals surface area contributed by atoms with Crippen LogP contribution in [0.1, 0.15) is 0 Å². The molecule has 0 amide bonds. The Kier molecular flexibility index (Phi) is 3.42. The van der Waals surface area contributed by atoms with E-state index in [4.69, 9.17) is 27.4 Å². The lowest BCUT2D eigenvalue weighted by atomic mass is 10.2. The predicted molar refractivity (Wildman–Crippen MR) is 70.2 cm³/mol. The summed E-state index contributed by atoms with van der Waals surface area (Å²) in [5, 5.41) is 0. The molecular formula is C11H12N4O2S. The van der Waals surface area contributed by atoms with Crippen LogP contribution in [-0.4, -0.2) is 29.2 Å². The highest BCUT2D eigenvalue weighted by Gasteiger charge is 2.08. The molecule has 6 nitrogen and oxygen atoms in total. The second-order valence-electron chi connectivity index (χ2n) is 3.43. The van der Waals surface area contributed by atoms with E-state index in [1.165, 1.54) is 0 Å². The molecule has 0 aliphatic carbocycles. The molecule has 0 saturated heterocycles. The SMILES string of the molecule is COc1ccc(-c2nc(=S)nc(N)[nH]2)cc1OC. The number of ether oxygens (including phenoxy) is 2. The van der Waals surface area contributed by atoms with Gasteiger partial charge in [-0.2, -0.15) is 4.98 Å². The number of hydrogen-bond acceptors (Lipinski definition) is 6. The van der Waals surface area contributed by atoms with Crippen LogP contribution in [0.2, 0.25) is 0 Å². The van der Waals surface area contributed by atoms with Gasteiger partial charge in [0, 0.05) is 5.56 Å². The number of nitrogens with zero attached hydrogens (tertiary/aromatic N) is 2. The van der Waals surface area contributed by atoms with Gasteiger partial charge in [-0.15, -0.1) is 0 Å². The number of anilines is 1. The summed E-state index contributed by atoms with van der Waals surface area (Å²) in [5.74, 6) is 2.00. The van der Waals surface area contributed by atoms with Crippen molar-refractivity contribution < 1.29 is 9.47 Å². The molecule has 1 heterocycles. The van der Waals surface area contributed by atoms with Crippen molar-refractivity contribution >= 4 is 18.2 Å². The number of nitrogen functional groups attached to an aromatic ring is 1. The zero-order valence-corrected chi connectivity index (χ0v) is 10.7. The summed E-state index contributed by atoms with van der Waals surface area (Å²) in [6.45, 7) is 0. The molecular weight excluding hydrogens is 252 g/mol. The van der Waals surface area contributed by atoms with Crippen molar-refractivity contribution in [1.29, 1.82) is 0 Å². The molecule has 94 valence electrons. The molecule has 0 unspecified atom stereocenters. The molecule has 7 heteroatoms. The van der Waals surface area contributed by atoms with Gasteiger partial charge in [0.05, 0.1) is 14.2 Å². The van der Waals surface area contributed by atoms with E-state index in [-0.39, 0.29) is 10.7 Å². The predicted octanol–water partition coefficient (Wildman–Crippen LogP) is 1.80. The van der Waals surface area contributed by atoms with E-state index >= 15 is 0 Å². The molecule has 1 aromatic heterocycles. The van der Waals surface area contributed by atoms with E-state index < -0.39 is 0 Å². The Morgan fingerprint density at radius 3 is 2.50 bits per heavy atom. The Morgan fingerprint density at radius 1 is 1.17 bits per heavy atom. The van der Waals surface area contributed by atoms with E-state index in [1.54, 1.807) is 26.4 Å². The average Bonchev–Trinajstić information content (AvgIpc) is 2.36. The van der Waals surface area contributed by atoms with Crippen LogP contribution >= 0.6 is 12.2 Å². The summed E-state index contributed by atoms with van der Waals surface area (Å²) < 4.78 is 10.6. The second kappa shape index (κ2) is 5.01. The Hall–Kier alpha value is -2.15. The van der Waals surface area contributed by atoms with Crippen LogP contribution in [0.5, 0.6) is 11.5 Å². The van der Waals surface area contributed by atoms with Gasteiger partial charge in [0.1, 0.15) is 5.82 Å². The number of nitrogens with two attached hydrogens (primary N) is 1. The van der Waals surface area contributed by atoms with Crippen molar-refractivity contribution in [1.82, 2.24) is 15.0 Å². The van der Waals surface area contributed by atoms with Crippen LogP contribution in [0.25, 0.3) is 11.4 Å². The Balaban J connectivity index is 2.54. The van der Waals surface area contributed by atoms with Crippen molar-refractivity contribution in [2.75, 3.05) is 20.0 Å². The van der Waals surface area contributed by atoms with E-state index in [2.05, 4.69) is 15.0 Å². The monoisotopic (exact) mass is 264 g/mol. The molecule has 1 aromatic carbocycles. The van der Waals surface area contributed by atoms with Gasteiger partial charge in [0.15, 0.2) is 11.5 Å². The third kappa shape index (κ3) is 2.40. The highest BCUT2D eigenvalue weighted by Crippen LogP contribution is 2.30. The van der Waals surface area contributed by atoms with Crippen molar-refractivity contribution in [3.63, 3.8) is 0 Å². The van der Waals surface area contributed by atoms with Gasteiger partial charge in [-0.1, -0.05) is 0 Å². The third-order valence-electron chi connectivity index (χ3n) is 2.33. The number of rotatable bonds is 3. The molecule has 2 aromatic rings. The van der Waals surface area contributed by atoms with Gasteiger partial charge in [-0.05, 0) is 30.4 Å². The summed E-state index contributed by atoms with van der Waals surface area (Å²) in [6, 6.07) is 5.39. The molecule has 0 aliphatic heterocycles. The van der Waals surface area contributed by atoms with E-state index in [1.807, 2.05) is 6.07 Å². The maximum absolute atomic E-state index is 5.59. The van der Waals surface area contributed by atoms with Crippen LogP contribution in [0, 0.1) is 4.77 Å². The summed E-state index contributed by atoms with van der Waals surface area (Å²) >= 11 is 4.92. The lowest BCUT2D eigenvalue weighted by Gasteiger charge is -2.09. The molecule has 0 atom stereocenters. The number of methoxy groups -OCH3 is 2. The van der Waals surface area contributed by atoms with Crippen LogP contribution in [-0.2, 0) is 0 Å². The van der Waals surface area contributed by atoms with Crippen molar-refractivity contribution in [2.24, 2.45) is 0 Å². The fourth-order valence-corrected chi connectivity index (χ4v) is 1.71. The van der Waals surface area contributed by atoms with Gasteiger partial charge in [-0.25, -0.2) is 4.98 Å². The first kappa shape index (κ1) is 12.3. The Labute approximate surface area is 109 Å². The largest absolute Gasteiger partial charge is 0.493 e.